The summed E-state index contributed by atoms with van der Waals surface area (Å²) in [6, 6.07) is 26.9. The number of ketones is 1. The van der Waals surface area contributed by atoms with E-state index in [9.17, 15) is 35.9 Å². The number of carbonyl (C=O) groups excluding carboxylic acids is 2. The van der Waals surface area contributed by atoms with Gasteiger partial charge in [0.05, 0.1) is 5.56 Å². The third-order valence-corrected chi connectivity index (χ3v) is 7.92. The van der Waals surface area contributed by atoms with Gasteiger partial charge in [-0.25, -0.2) is 0 Å². The smallest absolute Gasteiger partial charge is 0.369 e. The lowest BCUT2D eigenvalue weighted by atomic mass is 9.93. The van der Waals surface area contributed by atoms with Gasteiger partial charge in [0.25, 0.3) is 0 Å². The van der Waals surface area contributed by atoms with Crippen LogP contribution in [0.15, 0.2) is 103 Å². The van der Waals surface area contributed by atoms with Gasteiger partial charge in [0.2, 0.25) is 5.91 Å². The van der Waals surface area contributed by atoms with Crippen LogP contribution in [0.2, 0.25) is 0 Å². The highest BCUT2D eigenvalue weighted by Gasteiger charge is 2.34. The molecular formula is C35H31F6N3O2. The van der Waals surface area contributed by atoms with Crippen molar-refractivity contribution in [2.75, 3.05) is 37.6 Å². The highest BCUT2D eigenvalue weighted by Crippen LogP contribution is 2.32. The van der Waals surface area contributed by atoms with Gasteiger partial charge in [0.15, 0.2) is 5.78 Å². The molecule has 5 rings (SSSR count). The molecule has 1 atom stereocenters. The Hall–Kier alpha value is -4.64. The van der Waals surface area contributed by atoms with Crippen molar-refractivity contribution in [3.63, 3.8) is 0 Å². The molecule has 0 aromatic heterocycles. The topological polar surface area (TPSA) is 52.7 Å². The van der Waals surface area contributed by atoms with Crippen LogP contribution in [0.1, 0.15) is 33.1 Å². The summed E-state index contributed by atoms with van der Waals surface area (Å²) in [5, 5.41) is 2.03. The Morgan fingerprint density at radius 2 is 1.33 bits per heavy atom. The summed E-state index contributed by atoms with van der Waals surface area (Å²) >= 11 is 0. The molecule has 1 aliphatic rings. The van der Waals surface area contributed by atoms with E-state index in [4.69, 9.17) is 0 Å². The van der Waals surface area contributed by atoms with Gasteiger partial charge in [-0.15, -0.1) is 0 Å². The number of rotatable bonds is 9. The van der Waals surface area contributed by atoms with Gasteiger partial charge < -0.3 is 10.2 Å². The molecule has 240 valence electrons. The summed E-state index contributed by atoms with van der Waals surface area (Å²) in [4.78, 5) is 30.2. The maximum atomic E-state index is 13.3. The van der Waals surface area contributed by atoms with Crippen LogP contribution in [0.3, 0.4) is 0 Å². The summed E-state index contributed by atoms with van der Waals surface area (Å²) in [5.74, 6) is -0.876. The molecule has 4 aromatic rings. The summed E-state index contributed by atoms with van der Waals surface area (Å²) in [5.41, 5.74) is 3.00. The molecule has 11 heteroatoms. The number of anilines is 1. The van der Waals surface area contributed by atoms with Crippen molar-refractivity contribution in [1.82, 2.24) is 10.2 Å². The SMILES string of the molecule is O=C(Cc1ccc(N2CCN(C(C(=O)NCC(F)(F)F)c3ccccc3)CC2)cc1)c1ccccc1-c1ccc(C(F)(F)F)cc1. The Kier molecular flexibility index (Phi) is 9.81. The molecule has 0 saturated carbocycles. The van der Waals surface area contributed by atoms with E-state index in [-0.39, 0.29) is 12.2 Å². The molecule has 1 N–H and O–H groups in total. The van der Waals surface area contributed by atoms with Crippen LogP contribution in [0.25, 0.3) is 11.1 Å². The average molecular weight is 640 g/mol. The van der Waals surface area contributed by atoms with Gasteiger partial charge >= 0.3 is 12.4 Å². The van der Waals surface area contributed by atoms with Crippen LogP contribution in [-0.4, -0.2) is 55.5 Å². The third-order valence-electron chi connectivity index (χ3n) is 7.92. The van der Waals surface area contributed by atoms with E-state index in [0.29, 0.717) is 48.4 Å². The van der Waals surface area contributed by atoms with Crippen LogP contribution < -0.4 is 10.2 Å². The maximum Gasteiger partial charge on any atom is 0.416 e. The van der Waals surface area contributed by atoms with E-state index < -0.39 is 36.4 Å². The first-order valence-electron chi connectivity index (χ1n) is 14.7. The summed E-state index contributed by atoms with van der Waals surface area (Å²) in [6.45, 7) is 0.563. The van der Waals surface area contributed by atoms with Crippen LogP contribution in [-0.2, 0) is 17.4 Å². The maximum absolute atomic E-state index is 13.3. The fourth-order valence-corrected chi connectivity index (χ4v) is 5.61. The van der Waals surface area contributed by atoms with Crippen LogP contribution in [0.5, 0.6) is 0 Å². The number of piperazine rings is 1. The number of hydrogen-bond acceptors (Lipinski definition) is 4. The number of amides is 1. The lowest BCUT2D eigenvalue weighted by Gasteiger charge is -2.39. The van der Waals surface area contributed by atoms with Gasteiger partial charge in [-0.05, 0) is 46.5 Å². The van der Waals surface area contributed by atoms with Crippen LogP contribution in [0, 0.1) is 0 Å². The van der Waals surface area contributed by atoms with E-state index in [1.807, 2.05) is 34.5 Å². The number of halogens is 6. The normalized spacial score (nSPS) is 15.0. The molecule has 0 spiro atoms. The lowest BCUT2D eigenvalue weighted by molar-refractivity contribution is -0.142. The Morgan fingerprint density at radius 3 is 1.93 bits per heavy atom. The summed E-state index contributed by atoms with van der Waals surface area (Å²) in [7, 11) is 0. The molecule has 1 heterocycles. The minimum atomic E-state index is -4.51. The number of benzene rings is 4. The zero-order valence-corrected chi connectivity index (χ0v) is 24.6. The second-order valence-electron chi connectivity index (χ2n) is 11.1. The summed E-state index contributed by atoms with van der Waals surface area (Å²) < 4.78 is 77.4. The Morgan fingerprint density at radius 1 is 0.717 bits per heavy atom. The molecule has 4 aromatic carbocycles. The average Bonchev–Trinajstić information content (AvgIpc) is 3.04. The quantitative estimate of drug-likeness (QED) is 0.154. The standard InChI is InChI=1S/C35H31F6N3O2/c36-34(37,38)23-42-33(46)32(26-6-2-1-3-7-26)44-20-18-43(19-21-44)28-16-10-24(11-17-28)22-31(45)30-9-5-4-8-29(30)25-12-14-27(15-13-25)35(39,40)41/h1-17,32H,18-23H2,(H,42,46). The Balaban J connectivity index is 1.22. The van der Waals surface area contributed by atoms with Gasteiger partial charge in [-0.2, -0.15) is 26.3 Å². The van der Waals surface area contributed by atoms with Gasteiger partial charge in [0.1, 0.15) is 12.6 Å². The number of alkyl halides is 6. The molecular weight excluding hydrogens is 608 g/mol. The number of carbonyl (C=O) groups is 2. The second kappa shape index (κ2) is 13.8. The van der Waals surface area contributed by atoms with Crippen molar-refractivity contribution >= 4 is 17.4 Å². The number of nitrogens with zero attached hydrogens (tertiary/aromatic N) is 2. The molecule has 0 radical (unpaired) electrons. The van der Waals surface area contributed by atoms with Crippen molar-refractivity contribution in [2.45, 2.75) is 24.8 Å². The zero-order valence-electron chi connectivity index (χ0n) is 24.6. The van der Waals surface area contributed by atoms with Crippen molar-refractivity contribution in [2.24, 2.45) is 0 Å². The molecule has 46 heavy (non-hydrogen) atoms. The van der Waals surface area contributed by atoms with Crippen LogP contribution >= 0.6 is 0 Å². The molecule has 1 saturated heterocycles. The highest BCUT2D eigenvalue weighted by molar-refractivity contribution is 6.03. The summed E-state index contributed by atoms with van der Waals surface area (Å²) in [6.07, 6.45) is -8.87. The van der Waals surface area contributed by atoms with E-state index in [0.717, 1.165) is 23.4 Å². The Labute approximate surface area is 262 Å². The minimum absolute atomic E-state index is 0.0947. The van der Waals surface area contributed by atoms with E-state index >= 15 is 0 Å². The van der Waals surface area contributed by atoms with Crippen molar-refractivity contribution in [3.8, 4) is 11.1 Å². The van der Waals surface area contributed by atoms with Crippen molar-refractivity contribution < 1.29 is 35.9 Å². The highest BCUT2D eigenvalue weighted by atomic mass is 19.4. The van der Waals surface area contributed by atoms with Gasteiger partial charge in [0, 0.05) is 43.9 Å². The van der Waals surface area contributed by atoms with E-state index in [1.54, 1.807) is 54.6 Å². The van der Waals surface area contributed by atoms with Gasteiger partial charge in [-0.1, -0.05) is 78.9 Å². The van der Waals surface area contributed by atoms with Crippen LogP contribution in [0.4, 0.5) is 32.0 Å². The first-order valence-corrected chi connectivity index (χ1v) is 14.7. The predicted octanol–water partition coefficient (Wildman–Crippen LogP) is 7.34. The fourth-order valence-electron chi connectivity index (χ4n) is 5.61. The van der Waals surface area contributed by atoms with E-state index in [2.05, 4.69) is 4.90 Å². The molecule has 1 fully saturated rings. The molecule has 1 amide bonds. The largest absolute Gasteiger partial charge is 0.416 e. The minimum Gasteiger partial charge on any atom is -0.369 e. The lowest BCUT2D eigenvalue weighted by Crippen LogP contribution is -2.51. The first kappa shape index (κ1) is 32.7. The second-order valence-corrected chi connectivity index (χ2v) is 11.1. The molecule has 1 unspecified atom stereocenters. The first-order chi connectivity index (χ1) is 21.9. The molecule has 5 nitrogen and oxygen atoms in total. The van der Waals surface area contributed by atoms with Crippen molar-refractivity contribution in [1.29, 1.82) is 0 Å². The van der Waals surface area contributed by atoms with Crippen molar-refractivity contribution in [3.05, 3.63) is 125 Å². The molecule has 0 aliphatic carbocycles. The Bertz CT molecular complexity index is 1630. The third kappa shape index (κ3) is 8.14. The fraction of sp³-hybridized carbons (Fsp3) is 0.257. The number of hydrogen-bond donors (Lipinski definition) is 1. The monoisotopic (exact) mass is 639 g/mol. The predicted molar refractivity (Wildman–Crippen MR) is 163 cm³/mol. The van der Waals surface area contributed by atoms with Gasteiger partial charge in [-0.3, -0.25) is 14.5 Å². The molecule has 0 bridgehead atoms. The number of Topliss-reactive ketones (excluding diaryl/α,β-unsaturated/α-hetero) is 1. The zero-order chi connectivity index (χ0) is 32.9. The van der Waals surface area contributed by atoms with E-state index in [1.165, 1.54) is 12.1 Å². The molecule has 1 aliphatic heterocycles. The number of nitrogens with one attached hydrogen (secondary N) is 1.